The topological polar surface area (TPSA) is 29.9 Å². The van der Waals surface area contributed by atoms with E-state index in [4.69, 9.17) is 0 Å². The van der Waals surface area contributed by atoms with E-state index in [9.17, 15) is 0 Å². The first-order valence-corrected chi connectivity index (χ1v) is 5.02. The van der Waals surface area contributed by atoms with Crippen LogP contribution in [0.2, 0.25) is 0 Å². The first-order valence-electron chi connectivity index (χ1n) is 5.02. The summed E-state index contributed by atoms with van der Waals surface area (Å²) < 4.78 is 2.05. The van der Waals surface area contributed by atoms with Gasteiger partial charge in [-0.1, -0.05) is 0 Å². The summed E-state index contributed by atoms with van der Waals surface area (Å²) in [7, 11) is 2.03. The van der Waals surface area contributed by atoms with Crippen LogP contribution in [0.5, 0.6) is 0 Å². The molecule has 0 spiro atoms. The molecular formula is C12H15N3. The van der Waals surface area contributed by atoms with Gasteiger partial charge in [-0.3, -0.25) is 4.98 Å². The number of nitrogens with one attached hydrogen (secondary N) is 1. The van der Waals surface area contributed by atoms with E-state index in [1.165, 1.54) is 5.56 Å². The normalized spacial score (nSPS) is 10.3. The molecule has 0 amide bonds. The van der Waals surface area contributed by atoms with Crippen molar-refractivity contribution < 1.29 is 0 Å². The Bertz CT molecular complexity index is 446. The Kier molecular flexibility index (Phi) is 2.72. The second-order valence-corrected chi connectivity index (χ2v) is 3.68. The van der Waals surface area contributed by atoms with Gasteiger partial charge in [-0.25, -0.2) is 0 Å². The summed E-state index contributed by atoms with van der Waals surface area (Å²) >= 11 is 0. The van der Waals surface area contributed by atoms with Crippen LogP contribution in [0.25, 0.3) is 0 Å². The number of pyridine rings is 1. The molecule has 2 aromatic rings. The molecule has 2 heterocycles. The minimum absolute atomic E-state index is 0.841. The van der Waals surface area contributed by atoms with Gasteiger partial charge in [0.25, 0.3) is 0 Å². The maximum absolute atomic E-state index is 4.23. The molecule has 1 N–H and O–H groups in total. The molecule has 0 aliphatic heterocycles. The van der Waals surface area contributed by atoms with Gasteiger partial charge in [0.05, 0.1) is 11.4 Å². The lowest BCUT2D eigenvalue weighted by Gasteiger charge is -2.06. The molecule has 0 saturated carbocycles. The van der Waals surface area contributed by atoms with Gasteiger partial charge in [-0.2, -0.15) is 0 Å². The van der Waals surface area contributed by atoms with Crippen LogP contribution in [0.1, 0.15) is 11.3 Å². The highest BCUT2D eigenvalue weighted by Crippen LogP contribution is 2.12. The monoisotopic (exact) mass is 201 g/mol. The predicted octanol–water partition coefficient (Wildman–Crippen LogP) is 2.34. The van der Waals surface area contributed by atoms with E-state index >= 15 is 0 Å². The molecule has 0 atom stereocenters. The number of hydrogen-bond acceptors (Lipinski definition) is 2. The summed E-state index contributed by atoms with van der Waals surface area (Å²) in [6.45, 7) is 2.85. The highest BCUT2D eigenvalue weighted by atomic mass is 14.9. The Labute approximate surface area is 89.8 Å². The molecule has 0 bridgehead atoms. The zero-order chi connectivity index (χ0) is 10.7. The molecule has 15 heavy (non-hydrogen) atoms. The van der Waals surface area contributed by atoms with Gasteiger partial charge in [0.1, 0.15) is 0 Å². The third-order valence-corrected chi connectivity index (χ3v) is 2.38. The summed E-state index contributed by atoms with van der Waals surface area (Å²) in [4.78, 5) is 4.23. The molecule has 0 aliphatic carbocycles. The van der Waals surface area contributed by atoms with E-state index in [2.05, 4.69) is 22.6 Å². The van der Waals surface area contributed by atoms with Gasteiger partial charge in [-0.15, -0.1) is 0 Å². The Balaban J connectivity index is 2.02. The summed E-state index contributed by atoms with van der Waals surface area (Å²) in [6, 6.07) is 6.10. The molecule has 0 radical (unpaired) electrons. The van der Waals surface area contributed by atoms with E-state index in [1.807, 2.05) is 43.1 Å². The van der Waals surface area contributed by atoms with Crippen molar-refractivity contribution in [3.63, 3.8) is 0 Å². The van der Waals surface area contributed by atoms with E-state index < -0.39 is 0 Å². The van der Waals surface area contributed by atoms with Crippen LogP contribution in [0.4, 0.5) is 5.69 Å². The summed E-state index contributed by atoms with van der Waals surface area (Å²) in [6.07, 6.45) is 5.97. The molecule has 0 unspecified atom stereocenters. The quantitative estimate of drug-likeness (QED) is 0.826. The van der Waals surface area contributed by atoms with Crippen LogP contribution in [-0.4, -0.2) is 9.55 Å². The largest absolute Gasteiger partial charge is 0.379 e. The molecule has 3 nitrogen and oxygen atoms in total. The number of aromatic nitrogens is 2. The Morgan fingerprint density at radius 3 is 2.93 bits per heavy atom. The molecule has 2 rings (SSSR count). The fourth-order valence-electron chi connectivity index (χ4n) is 1.53. The minimum Gasteiger partial charge on any atom is -0.379 e. The van der Waals surface area contributed by atoms with Crippen molar-refractivity contribution in [2.24, 2.45) is 7.05 Å². The Morgan fingerprint density at radius 1 is 1.40 bits per heavy atom. The number of nitrogens with zero attached hydrogens (tertiary/aromatic N) is 2. The van der Waals surface area contributed by atoms with Crippen molar-refractivity contribution >= 4 is 5.69 Å². The first kappa shape index (κ1) is 9.77. The van der Waals surface area contributed by atoms with Crippen molar-refractivity contribution in [1.29, 1.82) is 0 Å². The lowest BCUT2D eigenvalue weighted by molar-refractivity contribution is 0.920. The number of rotatable bonds is 3. The molecule has 2 aromatic heterocycles. The third-order valence-electron chi connectivity index (χ3n) is 2.38. The standard InChI is InChI=1S/C12H15N3/c1-10-12(4-3-6-13-10)14-8-11-5-7-15(2)9-11/h3-7,9,14H,8H2,1-2H3. The second-order valence-electron chi connectivity index (χ2n) is 3.68. The van der Waals surface area contributed by atoms with Crippen LogP contribution >= 0.6 is 0 Å². The van der Waals surface area contributed by atoms with Crippen LogP contribution in [0.3, 0.4) is 0 Å². The van der Waals surface area contributed by atoms with Crippen LogP contribution in [-0.2, 0) is 13.6 Å². The maximum Gasteiger partial charge on any atom is 0.0603 e. The molecule has 0 aliphatic rings. The smallest absolute Gasteiger partial charge is 0.0603 e. The fourth-order valence-corrected chi connectivity index (χ4v) is 1.53. The minimum atomic E-state index is 0.841. The van der Waals surface area contributed by atoms with Crippen molar-refractivity contribution in [2.45, 2.75) is 13.5 Å². The van der Waals surface area contributed by atoms with Gasteiger partial charge in [-0.05, 0) is 30.7 Å². The van der Waals surface area contributed by atoms with Crippen molar-refractivity contribution in [2.75, 3.05) is 5.32 Å². The van der Waals surface area contributed by atoms with Gasteiger partial charge in [0.2, 0.25) is 0 Å². The Hall–Kier alpha value is -1.77. The molecule has 3 heteroatoms. The number of aryl methyl sites for hydroxylation is 2. The number of hydrogen-bond donors (Lipinski definition) is 1. The third kappa shape index (κ3) is 2.37. The van der Waals surface area contributed by atoms with Crippen molar-refractivity contribution in [3.8, 4) is 0 Å². The zero-order valence-corrected chi connectivity index (χ0v) is 9.07. The van der Waals surface area contributed by atoms with Crippen LogP contribution in [0, 0.1) is 6.92 Å². The van der Waals surface area contributed by atoms with Crippen LogP contribution in [0.15, 0.2) is 36.8 Å². The molecule has 78 valence electrons. The maximum atomic E-state index is 4.23. The van der Waals surface area contributed by atoms with E-state index in [1.54, 1.807) is 0 Å². The average Bonchev–Trinajstić information content (AvgIpc) is 2.63. The summed E-state index contributed by atoms with van der Waals surface area (Å²) in [5, 5.41) is 3.37. The molecule has 0 fully saturated rings. The number of anilines is 1. The van der Waals surface area contributed by atoms with Gasteiger partial charge >= 0.3 is 0 Å². The molecule has 0 saturated heterocycles. The predicted molar refractivity (Wildman–Crippen MR) is 61.7 cm³/mol. The lowest BCUT2D eigenvalue weighted by atomic mass is 10.3. The lowest BCUT2D eigenvalue weighted by Crippen LogP contribution is -2.00. The Morgan fingerprint density at radius 2 is 2.27 bits per heavy atom. The van der Waals surface area contributed by atoms with Crippen molar-refractivity contribution in [3.05, 3.63) is 48.0 Å². The summed E-state index contributed by atoms with van der Waals surface area (Å²) in [5.41, 5.74) is 3.41. The van der Waals surface area contributed by atoms with Crippen molar-refractivity contribution in [1.82, 2.24) is 9.55 Å². The van der Waals surface area contributed by atoms with Crippen LogP contribution < -0.4 is 5.32 Å². The second kappa shape index (κ2) is 4.17. The SMILES string of the molecule is Cc1ncccc1NCc1ccn(C)c1. The van der Waals surface area contributed by atoms with E-state index in [0.717, 1.165) is 17.9 Å². The molecule has 0 aromatic carbocycles. The fraction of sp³-hybridized carbons (Fsp3) is 0.250. The van der Waals surface area contributed by atoms with Gasteiger partial charge in [0, 0.05) is 32.2 Å². The average molecular weight is 201 g/mol. The molecular weight excluding hydrogens is 186 g/mol. The van der Waals surface area contributed by atoms with Gasteiger partial charge < -0.3 is 9.88 Å². The highest BCUT2D eigenvalue weighted by molar-refractivity contribution is 5.46. The van der Waals surface area contributed by atoms with E-state index in [0.29, 0.717) is 0 Å². The van der Waals surface area contributed by atoms with E-state index in [-0.39, 0.29) is 0 Å². The highest BCUT2D eigenvalue weighted by Gasteiger charge is 1.98. The zero-order valence-electron chi connectivity index (χ0n) is 9.07. The summed E-state index contributed by atoms with van der Waals surface area (Å²) in [5.74, 6) is 0. The van der Waals surface area contributed by atoms with Gasteiger partial charge in [0.15, 0.2) is 0 Å². The first-order chi connectivity index (χ1) is 7.25.